The maximum absolute atomic E-state index is 10.6. The highest BCUT2D eigenvalue weighted by Gasteiger charge is 2.42. The van der Waals surface area contributed by atoms with Crippen LogP contribution in [0.5, 0.6) is 0 Å². The van der Waals surface area contributed by atoms with Gasteiger partial charge in [-0.15, -0.1) is 0 Å². The summed E-state index contributed by atoms with van der Waals surface area (Å²) in [7, 11) is 0. The molecule has 2 aliphatic rings. The number of aldehydes is 1. The average molecular weight is 154 g/mol. The van der Waals surface area contributed by atoms with Gasteiger partial charge in [-0.2, -0.15) is 0 Å². The Kier molecular flexibility index (Phi) is 1.72. The second kappa shape index (κ2) is 2.59. The Bertz CT molecular complexity index is 159. The van der Waals surface area contributed by atoms with Gasteiger partial charge in [-0.25, -0.2) is 0 Å². The SMILES string of the molecule is O=CC(C1CC1)C(O)C1CC1. The van der Waals surface area contributed by atoms with E-state index in [1.165, 1.54) is 0 Å². The topological polar surface area (TPSA) is 37.3 Å². The third-order valence-corrected chi connectivity index (χ3v) is 2.82. The van der Waals surface area contributed by atoms with Crippen molar-refractivity contribution in [2.75, 3.05) is 0 Å². The van der Waals surface area contributed by atoms with E-state index in [-0.39, 0.29) is 12.0 Å². The van der Waals surface area contributed by atoms with Gasteiger partial charge in [0.1, 0.15) is 6.29 Å². The van der Waals surface area contributed by atoms with Gasteiger partial charge in [0.25, 0.3) is 0 Å². The smallest absolute Gasteiger partial charge is 0.125 e. The number of aliphatic hydroxyl groups is 1. The van der Waals surface area contributed by atoms with E-state index in [9.17, 15) is 9.90 Å². The highest BCUT2D eigenvalue weighted by Crippen LogP contribution is 2.44. The summed E-state index contributed by atoms with van der Waals surface area (Å²) in [6, 6.07) is 0. The summed E-state index contributed by atoms with van der Waals surface area (Å²) in [5.74, 6) is 0.927. The number of carbonyl (C=O) groups excluding carboxylic acids is 1. The molecule has 0 amide bonds. The molecule has 2 heteroatoms. The normalized spacial score (nSPS) is 29.5. The lowest BCUT2D eigenvalue weighted by Gasteiger charge is -2.15. The molecule has 62 valence electrons. The van der Waals surface area contributed by atoms with Crippen molar-refractivity contribution in [2.24, 2.45) is 17.8 Å². The quantitative estimate of drug-likeness (QED) is 0.613. The molecular weight excluding hydrogens is 140 g/mol. The van der Waals surface area contributed by atoms with Crippen LogP contribution in [-0.2, 0) is 4.79 Å². The third-order valence-electron chi connectivity index (χ3n) is 2.82. The zero-order valence-corrected chi connectivity index (χ0v) is 6.57. The maximum atomic E-state index is 10.6. The maximum Gasteiger partial charge on any atom is 0.125 e. The Morgan fingerprint density at radius 2 is 1.73 bits per heavy atom. The molecule has 2 rings (SSSR count). The van der Waals surface area contributed by atoms with Gasteiger partial charge in [0.2, 0.25) is 0 Å². The zero-order chi connectivity index (χ0) is 7.84. The first-order valence-electron chi connectivity index (χ1n) is 4.46. The highest BCUT2D eigenvalue weighted by atomic mass is 16.3. The van der Waals surface area contributed by atoms with Gasteiger partial charge in [-0.1, -0.05) is 0 Å². The lowest BCUT2D eigenvalue weighted by atomic mass is 9.95. The van der Waals surface area contributed by atoms with Crippen LogP contribution in [0.25, 0.3) is 0 Å². The molecule has 2 fully saturated rings. The van der Waals surface area contributed by atoms with Gasteiger partial charge in [-0.3, -0.25) is 0 Å². The highest BCUT2D eigenvalue weighted by molar-refractivity contribution is 5.56. The molecule has 0 radical (unpaired) electrons. The van der Waals surface area contributed by atoms with E-state index in [4.69, 9.17) is 0 Å². The van der Waals surface area contributed by atoms with E-state index in [0.29, 0.717) is 11.8 Å². The molecule has 0 spiro atoms. The van der Waals surface area contributed by atoms with Gasteiger partial charge < -0.3 is 9.90 Å². The van der Waals surface area contributed by atoms with E-state index in [0.717, 1.165) is 32.0 Å². The van der Waals surface area contributed by atoms with Crippen LogP contribution >= 0.6 is 0 Å². The lowest BCUT2D eigenvalue weighted by molar-refractivity contribution is -0.115. The van der Waals surface area contributed by atoms with Gasteiger partial charge in [0.15, 0.2) is 0 Å². The molecule has 2 aliphatic carbocycles. The minimum Gasteiger partial charge on any atom is -0.392 e. The molecule has 1 N–H and O–H groups in total. The van der Waals surface area contributed by atoms with Gasteiger partial charge in [-0.05, 0) is 37.5 Å². The lowest BCUT2D eigenvalue weighted by Crippen LogP contribution is -2.25. The van der Waals surface area contributed by atoms with E-state index < -0.39 is 0 Å². The molecule has 2 saturated carbocycles. The van der Waals surface area contributed by atoms with Crippen LogP contribution in [0.2, 0.25) is 0 Å². The third kappa shape index (κ3) is 1.45. The fraction of sp³-hybridized carbons (Fsp3) is 0.889. The first-order valence-corrected chi connectivity index (χ1v) is 4.46. The van der Waals surface area contributed by atoms with Crippen molar-refractivity contribution >= 4 is 6.29 Å². The van der Waals surface area contributed by atoms with E-state index in [1.807, 2.05) is 0 Å². The number of carbonyl (C=O) groups is 1. The molecule has 0 bridgehead atoms. The Balaban J connectivity index is 1.91. The minimum absolute atomic E-state index is 0.0394. The van der Waals surface area contributed by atoms with Crippen LogP contribution in [0.15, 0.2) is 0 Å². The summed E-state index contributed by atoms with van der Waals surface area (Å²) in [6.45, 7) is 0. The fourth-order valence-corrected chi connectivity index (χ4v) is 1.70. The summed E-state index contributed by atoms with van der Waals surface area (Å²) in [5, 5.41) is 9.63. The Hall–Kier alpha value is -0.370. The van der Waals surface area contributed by atoms with Gasteiger partial charge in [0.05, 0.1) is 6.10 Å². The molecule has 0 saturated heterocycles. The Labute approximate surface area is 66.6 Å². The van der Waals surface area contributed by atoms with Crippen molar-refractivity contribution in [1.29, 1.82) is 0 Å². The summed E-state index contributed by atoms with van der Waals surface area (Å²) in [6.07, 6.45) is 5.18. The van der Waals surface area contributed by atoms with Crippen molar-refractivity contribution in [2.45, 2.75) is 31.8 Å². The molecule has 0 aliphatic heterocycles. The van der Waals surface area contributed by atoms with E-state index in [2.05, 4.69) is 0 Å². The van der Waals surface area contributed by atoms with Gasteiger partial charge in [0, 0.05) is 5.92 Å². The van der Waals surface area contributed by atoms with Crippen LogP contribution in [0.3, 0.4) is 0 Å². The molecule has 11 heavy (non-hydrogen) atoms. The first-order chi connectivity index (χ1) is 5.33. The molecule has 2 unspecified atom stereocenters. The van der Waals surface area contributed by atoms with Crippen LogP contribution < -0.4 is 0 Å². The fourth-order valence-electron chi connectivity index (χ4n) is 1.70. The predicted molar refractivity (Wildman–Crippen MR) is 41.0 cm³/mol. The van der Waals surface area contributed by atoms with Crippen LogP contribution in [-0.4, -0.2) is 17.5 Å². The van der Waals surface area contributed by atoms with Crippen molar-refractivity contribution in [3.8, 4) is 0 Å². The van der Waals surface area contributed by atoms with E-state index >= 15 is 0 Å². The molecule has 2 atom stereocenters. The van der Waals surface area contributed by atoms with Crippen LogP contribution in [0, 0.1) is 17.8 Å². The number of aliphatic hydroxyl groups excluding tert-OH is 1. The Morgan fingerprint density at radius 3 is 2.09 bits per heavy atom. The predicted octanol–water partition coefficient (Wildman–Crippen LogP) is 0.982. The van der Waals surface area contributed by atoms with Crippen molar-refractivity contribution in [1.82, 2.24) is 0 Å². The summed E-state index contributed by atoms with van der Waals surface area (Å²) < 4.78 is 0. The monoisotopic (exact) mass is 154 g/mol. The number of rotatable bonds is 4. The van der Waals surface area contributed by atoms with Crippen LogP contribution in [0.1, 0.15) is 25.7 Å². The molecule has 2 nitrogen and oxygen atoms in total. The largest absolute Gasteiger partial charge is 0.392 e. The molecule has 0 aromatic carbocycles. The Morgan fingerprint density at radius 1 is 1.18 bits per heavy atom. The summed E-state index contributed by atoms with van der Waals surface area (Å²) in [4.78, 5) is 10.6. The van der Waals surface area contributed by atoms with Crippen molar-refractivity contribution < 1.29 is 9.90 Å². The van der Waals surface area contributed by atoms with Gasteiger partial charge >= 0.3 is 0 Å². The van der Waals surface area contributed by atoms with Crippen LogP contribution in [0.4, 0.5) is 0 Å². The van der Waals surface area contributed by atoms with Crippen molar-refractivity contribution in [3.63, 3.8) is 0 Å². The summed E-state index contributed by atoms with van der Waals surface area (Å²) in [5.41, 5.74) is 0. The summed E-state index contributed by atoms with van der Waals surface area (Å²) >= 11 is 0. The second-order valence-electron chi connectivity index (χ2n) is 3.88. The first kappa shape index (κ1) is 7.29. The standard InChI is InChI=1S/C9H14O2/c10-5-8(6-1-2-6)9(11)7-3-4-7/h5-9,11H,1-4H2. The molecule has 0 heterocycles. The molecular formula is C9H14O2. The number of hydrogen-bond donors (Lipinski definition) is 1. The zero-order valence-electron chi connectivity index (χ0n) is 6.57. The molecule has 0 aromatic heterocycles. The number of hydrogen-bond acceptors (Lipinski definition) is 2. The van der Waals surface area contributed by atoms with E-state index in [1.54, 1.807) is 0 Å². The second-order valence-corrected chi connectivity index (χ2v) is 3.88. The average Bonchev–Trinajstić information content (AvgIpc) is 2.86. The molecule has 0 aromatic rings. The minimum atomic E-state index is -0.319. The van der Waals surface area contributed by atoms with Crippen molar-refractivity contribution in [3.05, 3.63) is 0 Å².